The van der Waals surface area contributed by atoms with Gasteiger partial charge in [-0.2, -0.15) is 0 Å². The van der Waals surface area contributed by atoms with Crippen molar-refractivity contribution < 1.29 is 13.9 Å². The highest BCUT2D eigenvalue weighted by Gasteiger charge is 2.41. The summed E-state index contributed by atoms with van der Waals surface area (Å²) < 4.78 is 21.4. The second kappa shape index (κ2) is 7.07. The second-order valence-corrected chi connectivity index (χ2v) is 9.13. The fourth-order valence-electron chi connectivity index (χ4n) is 4.75. The number of carbonyl (C=O) groups is 1. The number of ether oxygens (including phenoxy) is 1. The largest absolute Gasteiger partial charge is 0.444 e. The highest BCUT2D eigenvalue weighted by atomic mass is 19.1. The van der Waals surface area contributed by atoms with Crippen LogP contribution in [0.1, 0.15) is 46.6 Å². The number of halogens is 1. The lowest BCUT2D eigenvalue weighted by Crippen LogP contribution is -2.62. The number of aromatic nitrogens is 1. The van der Waals surface area contributed by atoms with Crippen molar-refractivity contribution in [3.63, 3.8) is 0 Å². The highest BCUT2D eigenvalue weighted by Crippen LogP contribution is 2.34. The Bertz CT molecular complexity index is 872. The number of fused-ring (bicyclic) bond motifs is 2. The van der Waals surface area contributed by atoms with E-state index in [1.165, 1.54) is 6.07 Å². The molecule has 0 aliphatic carbocycles. The zero-order chi connectivity index (χ0) is 20.1. The van der Waals surface area contributed by atoms with E-state index in [4.69, 9.17) is 4.74 Å². The zero-order valence-electron chi connectivity index (χ0n) is 17.2. The molecular weight excluding hydrogens is 357 g/mol. The van der Waals surface area contributed by atoms with Gasteiger partial charge in [0, 0.05) is 54.9 Å². The van der Waals surface area contributed by atoms with Crippen LogP contribution in [-0.2, 0) is 4.74 Å². The molecule has 0 bridgehead atoms. The van der Waals surface area contributed by atoms with Crippen molar-refractivity contribution in [1.29, 1.82) is 0 Å². The summed E-state index contributed by atoms with van der Waals surface area (Å²) in [5.74, 6) is -0.193. The van der Waals surface area contributed by atoms with E-state index in [1.807, 2.05) is 37.8 Å². The third-order valence-electron chi connectivity index (χ3n) is 6.09. The van der Waals surface area contributed by atoms with Crippen molar-refractivity contribution >= 4 is 17.0 Å². The van der Waals surface area contributed by atoms with E-state index in [9.17, 15) is 9.18 Å². The summed E-state index contributed by atoms with van der Waals surface area (Å²) in [7, 11) is 0. The minimum Gasteiger partial charge on any atom is -0.444 e. The van der Waals surface area contributed by atoms with Gasteiger partial charge >= 0.3 is 6.09 Å². The lowest BCUT2D eigenvalue weighted by molar-refractivity contribution is -0.0305. The second-order valence-electron chi connectivity index (χ2n) is 9.13. The lowest BCUT2D eigenvalue weighted by Gasteiger charge is -2.50. The smallest absolute Gasteiger partial charge is 0.410 e. The van der Waals surface area contributed by atoms with Crippen LogP contribution >= 0.6 is 0 Å². The van der Waals surface area contributed by atoms with E-state index in [1.54, 1.807) is 6.07 Å². The monoisotopic (exact) mass is 387 g/mol. The van der Waals surface area contributed by atoms with Gasteiger partial charge in [0.15, 0.2) is 0 Å². The first-order chi connectivity index (χ1) is 13.2. The predicted molar refractivity (Wildman–Crippen MR) is 108 cm³/mol. The Hall–Kier alpha value is -2.08. The van der Waals surface area contributed by atoms with Gasteiger partial charge in [-0.15, -0.1) is 0 Å². The van der Waals surface area contributed by atoms with Gasteiger partial charge in [0.1, 0.15) is 11.4 Å². The molecule has 2 aliphatic rings. The van der Waals surface area contributed by atoms with Gasteiger partial charge in [-0.25, -0.2) is 9.18 Å². The molecule has 2 aromatic rings. The van der Waals surface area contributed by atoms with Crippen LogP contribution in [0.4, 0.5) is 9.18 Å². The van der Waals surface area contributed by atoms with E-state index in [-0.39, 0.29) is 18.0 Å². The molecule has 1 amide bonds. The standard InChI is InChI=1S/C22H30FN3O2/c1-15-19-8-6-18(26-10-9-16-13-17(23)5-7-20(16)26)14-24(19)11-12-25(15)21(27)28-22(2,3)4/h5,7,9-10,13,15,18-19H,6,8,11-12,14H2,1-4H3/t15?,18-,19+/m1/s1. The molecule has 5 nitrogen and oxygen atoms in total. The first kappa shape index (κ1) is 19.2. The topological polar surface area (TPSA) is 37.7 Å². The van der Waals surface area contributed by atoms with E-state index in [0.717, 1.165) is 36.8 Å². The summed E-state index contributed by atoms with van der Waals surface area (Å²) >= 11 is 0. The van der Waals surface area contributed by atoms with Crippen LogP contribution in [-0.4, -0.2) is 57.8 Å². The fourth-order valence-corrected chi connectivity index (χ4v) is 4.75. The molecule has 3 atom stereocenters. The molecule has 0 radical (unpaired) electrons. The third-order valence-corrected chi connectivity index (χ3v) is 6.09. The van der Waals surface area contributed by atoms with E-state index < -0.39 is 5.60 Å². The molecule has 4 rings (SSSR count). The van der Waals surface area contributed by atoms with Gasteiger partial charge in [-0.05, 0) is 64.8 Å². The molecule has 0 saturated carbocycles. The molecule has 0 N–H and O–H groups in total. The Kier molecular flexibility index (Phi) is 4.86. The minimum absolute atomic E-state index is 0.139. The Balaban J connectivity index is 1.47. The van der Waals surface area contributed by atoms with Crippen molar-refractivity contribution in [3.8, 4) is 0 Å². The number of piperidine rings is 1. The van der Waals surface area contributed by atoms with Crippen molar-refractivity contribution in [2.75, 3.05) is 19.6 Å². The van der Waals surface area contributed by atoms with E-state index >= 15 is 0 Å². The number of amides is 1. The minimum atomic E-state index is -0.472. The average molecular weight is 387 g/mol. The molecule has 2 aliphatic heterocycles. The maximum atomic E-state index is 13.5. The number of nitrogens with zero attached hydrogens (tertiary/aromatic N) is 3. The van der Waals surface area contributed by atoms with Crippen molar-refractivity contribution in [1.82, 2.24) is 14.4 Å². The Morgan fingerprint density at radius 1 is 1.18 bits per heavy atom. The maximum Gasteiger partial charge on any atom is 0.410 e. The molecule has 1 unspecified atom stereocenters. The lowest BCUT2D eigenvalue weighted by atomic mass is 9.90. The summed E-state index contributed by atoms with van der Waals surface area (Å²) in [6, 6.07) is 7.87. The van der Waals surface area contributed by atoms with Crippen LogP contribution in [0, 0.1) is 5.82 Å². The van der Waals surface area contributed by atoms with Crippen molar-refractivity contribution in [2.45, 2.75) is 64.3 Å². The number of benzene rings is 1. The molecule has 6 heteroatoms. The quantitative estimate of drug-likeness (QED) is 0.727. The SMILES string of the molecule is CC1[C@@H]2CC[C@@H](n3ccc4cc(F)ccc43)CN2CCN1C(=O)OC(C)(C)C. The van der Waals surface area contributed by atoms with Crippen LogP contribution < -0.4 is 0 Å². The normalized spacial score (nSPS) is 26.3. The Labute approximate surface area is 166 Å². The fraction of sp³-hybridized carbons (Fsp3) is 0.591. The number of hydrogen-bond acceptors (Lipinski definition) is 3. The van der Waals surface area contributed by atoms with Crippen LogP contribution in [0.15, 0.2) is 30.5 Å². The molecule has 2 fully saturated rings. The van der Waals surface area contributed by atoms with Gasteiger partial charge < -0.3 is 14.2 Å². The molecule has 28 heavy (non-hydrogen) atoms. The number of hydrogen-bond donors (Lipinski definition) is 0. The average Bonchev–Trinajstić information content (AvgIpc) is 3.03. The Morgan fingerprint density at radius 3 is 2.71 bits per heavy atom. The predicted octanol–water partition coefficient (Wildman–Crippen LogP) is 4.43. The highest BCUT2D eigenvalue weighted by molar-refractivity contribution is 5.80. The van der Waals surface area contributed by atoms with Gasteiger partial charge in [-0.1, -0.05) is 0 Å². The first-order valence-electron chi connectivity index (χ1n) is 10.2. The van der Waals surface area contributed by atoms with Gasteiger partial charge in [0.05, 0.1) is 0 Å². The van der Waals surface area contributed by atoms with Gasteiger partial charge in [-0.3, -0.25) is 4.90 Å². The van der Waals surface area contributed by atoms with Gasteiger partial charge in [0.2, 0.25) is 0 Å². The van der Waals surface area contributed by atoms with Crippen LogP contribution in [0.5, 0.6) is 0 Å². The third kappa shape index (κ3) is 3.62. The van der Waals surface area contributed by atoms with Crippen LogP contribution in [0.3, 0.4) is 0 Å². The molecule has 3 heterocycles. The summed E-state index contributed by atoms with van der Waals surface area (Å²) in [5.41, 5.74) is 0.617. The Morgan fingerprint density at radius 2 is 1.96 bits per heavy atom. The summed E-state index contributed by atoms with van der Waals surface area (Å²) in [5, 5.41) is 0.949. The molecule has 1 aromatic heterocycles. The molecule has 1 aromatic carbocycles. The maximum absolute atomic E-state index is 13.5. The van der Waals surface area contributed by atoms with Crippen LogP contribution in [0.2, 0.25) is 0 Å². The number of carbonyl (C=O) groups excluding carboxylic acids is 1. The summed E-state index contributed by atoms with van der Waals surface area (Å²) in [4.78, 5) is 17.0. The number of piperazine rings is 1. The summed E-state index contributed by atoms with van der Waals surface area (Å²) in [6.45, 7) is 10.4. The van der Waals surface area contributed by atoms with E-state index in [0.29, 0.717) is 18.6 Å². The van der Waals surface area contributed by atoms with Crippen LogP contribution in [0.25, 0.3) is 10.9 Å². The van der Waals surface area contributed by atoms with Crippen molar-refractivity contribution in [3.05, 3.63) is 36.3 Å². The first-order valence-corrected chi connectivity index (χ1v) is 10.2. The summed E-state index contributed by atoms with van der Waals surface area (Å²) in [6.07, 6.45) is 3.95. The number of rotatable bonds is 1. The molecule has 2 saturated heterocycles. The molecular formula is C22H30FN3O2. The van der Waals surface area contributed by atoms with E-state index in [2.05, 4.69) is 22.6 Å². The van der Waals surface area contributed by atoms with Crippen molar-refractivity contribution in [2.24, 2.45) is 0 Å². The molecule has 0 spiro atoms. The molecule has 152 valence electrons. The van der Waals surface area contributed by atoms with Gasteiger partial charge in [0.25, 0.3) is 0 Å². The zero-order valence-corrected chi connectivity index (χ0v) is 17.2.